The molecule has 3 aromatic carbocycles. The largest absolute Gasteiger partial charge is 0.304 e. The number of hydrogen-bond donors (Lipinski definition) is 0. The fourth-order valence-corrected chi connectivity index (χ4v) is 5.64. The Morgan fingerprint density at radius 1 is 1.00 bits per heavy atom. The number of carbonyl (C=O) groups is 2. The summed E-state index contributed by atoms with van der Waals surface area (Å²) in [5.41, 5.74) is 2.92. The zero-order chi connectivity index (χ0) is 20.9. The van der Waals surface area contributed by atoms with Crippen molar-refractivity contribution in [1.82, 2.24) is 0 Å². The van der Waals surface area contributed by atoms with E-state index in [0.29, 0.717) is 12.2 Å². The van der Waals surface area contributed by atoms with Gasteiger partial charge < -0.3 is 4.90 Å². The first-order chi connectivity index (χ1) is 14.5. The molecule has 1 saturated heterocycles. The van der Waals surface area contributed by atoms with Crippen LogP contribution in [0.5, 0.6) is 0 Å². The van der Waals surface area contributed by atoms with Crippen LogP contribution >= 0.6 is 23.4 Å². The molecule has 0 bridgehead atoms. The Labute approximate surface area is 182 Å². The first-order valence-corrected chi connectivity index (χ1v) is 10.8. The Morgan fingerprint density at radius 3 is 2.50 bits per heavy atom. The summed E-state index contributed by atoms with van der Waals surface area (Å²) in [5, 5.41) is -0.0905. The van der Waals surface area contributed by atoms with E-state index in [1.807, 2.05) is 54.6 Å². The van der Waals surface area contributed by atoms with Crippen LogP contribution < -0.4 is 9.80 Å². The number of rotatable bonds is 3. The molecule has 1 spiro atoms. The van der Waals surface area contributed by atoms with Crippen molar-refractivity contribution in [3.05, 3.63) is 94.8 Å². The number of benzene rings is 3. The number of anilines is 2. The molecule has 7 heteroatoms. The van der Waals surface area contributed by atoms with Gasteiger partial charge in [-0.2, -0.15) is 0 Å². The van der Waals surface area contributed by atoms with E-state index in [1.165, 1.54) is 34.9 Å². The van der Waals surface area contributed by atoms with Crippen molar-refractivity contribution in [2.45, 2.75) is 11.4 Å². The van der Waals surface area contributed by atoms with Crippen LogP contribution in [0.1, 0.15) is 11.1 Å². The van der Waals surface area contributed by atoms with Gasteiger partial charge in [-0.15, -0.1) is 11.8 Å². The number of hydrogen-bond acceptors (Lipinski definition) is 3. The summed E-state index contributed by atoms with van der Waals surface area (Å²) in [4.78, 5) is 28.8. The molecular weight excluding hydrogens is 423 g/mol. The molecule has 0 aromatic heterocycles. The van der Waals surface area contributed by atoms with Crippen LogP contribution in [-0.4, -0.2) is 17.6 Å². The fraction of sp³-hybridized carbons (Fsp3) is 0.130. The van der Waals surface area contributed by atoms with Crippen LogP contribution in [0.3, 0.4) is 0 Å². The molecular formula is C23H16ClFN2O2S. The molecule has 2 heterocycles. The average Bonchev–Trinajstić information content (AvgIpc) is 3.22. The molecule has 1 fully saturated rings. The molecule has 30 heavy (non-hydrogen) atoms. The zero-order valence-corrected chi connectivity index (χ0v) is 17.3. The number of carbonyl (C=O) groups excluding carboxylic acids is 2. The molecule has 0 unspecified atom stereocenters. The summed E-state index contributed by atoms with van der Waals surface area (Å²) in [7, 11) is 0. The summed E-state index contributed by atoms with van der Waals surface area (Å²) in [5.74, 6) is -0.831. The predicted molar refractivity (Wildman–Crippen MR) is 117 cm³/mol. The normalized spacial score (nSPS) is 20.3. The van der Waals surface area contributed by atoms with E-state index in [4.69, 9.17) is 11.6 Å². The minimum Gasteiger partial charge on any atom is -0.304 e. The smallest absolute Gasteiger partial charge is 0.269 e. The maximum absolute atomic E-state index is 13.9. The van der Waals surface area contributed by atoms with Crippen molar-refractivity contribution in [2.24, 2.45) is 0 Å². The van der Waals surface area contributed by atoms with Gasteiger partial charge >= 0.3 is 0 Å². The first kappa shape index (κ1) is 19.2. The molecule has 0 radical (unpaired) electrons. The highest BCUT2D eigenvalue weighted by atomic mass is 35.5. The maximum Gasteiger partial charge on any atom is 0.269 e. The van der Waals surface area contributed by atoms with E-state index < -0.39 is 10.7 Å². The fourth-order valence-electron chi connectivity index (χ4n) is 4.10. The zero-order valence-electron chi connectivity index (χ0n) is 15.7. The number of fused-ring (bicyclic) bond motifs is 2. The van der Waals surface area contributed by atoms with Gasteiger partial charge in [-0.05, 0) is 29.8 Å². The SMILES string of the molecule is O=C1CS[C@@]2(C(=O)N(Cc3ccccc3)c3ccccc32)N1c1ccc(F)c(Cl)c1. The topological polar surface area (TPSA) is 40.6 Å². The molecule has 5 rings (SSSR count). The van der Waals surface area contributed by atoms with Gasteiger partial charge in [0.15, 0.2) is 0 Å². The van der Waals surface area contributed by atoms with Crippen LogP contribution in [0.2, 0.25) is 5.02 Å². The van der Waals surface area contributed by atoms with Gasteiger partial charge in [-0.3, -0.25) is 14.5 Å². The van der Waals surface area contributed by atoms with Gasteiger partial charge in [0.2, 0.25) is 10.8 Å². The number of nitrogens with zero attached hydrogens (tertiary/aromatic N) is 2. The highest BCUT2D eigenvalue weighted by Gasteiger charge is 2.60. The molecule has 3 aromatic rings. The molecule has 0 aliphatic carbocycles. The second-order valence-corrected chi connectivity index (χ2v) is 8.73. The molecule has 150 valence electrons. The van der Waals surface area contributed by atoms with Crippen molar-refractivity contribution in [3.63, 3.8) is 0 Å². The number of thioether (sulfide) groups is 1. The average molecular weight is 439 g/mol. The molecule has 2 amide bonds. The van der Waals surface area contributed by atoms with E-state index in [-0.39, 0.29) is 22.6 Å². The third-order valence-electron chi connectivity index (χ3n) is 5.41. The molecule has 0 saturated carbocycles. The van der Waals surface area contributed by atoms with Gasteiger partial charge in [-0.1, -0.05) is 60.1 Å². The van der Waals surface area contributed by atoms with Crippen molar-refractivity contribution in [2.75, 3.05) is 15.6 Å². The summed E-state index contributed by atoms with van der Waals surface area (Å²) in [6.07, 6.45) is 0. The third kappa shape index (κ3) is 2.75. The highest BCUT2D eigenvalue weighted by Crippen LogP contribution is 2.56. The second kappa shape index (κ2) is 7.15. The van der Waals surface area contributed by atoms with Gasteiger partial charge in [0.25, 0.3) is 5.91 Å². The Hall–Kier alpha value is -2.83. The third-order valence-corrected chi connectivity index (χ3v) is 7.08. The van der Waals surface area contributed by atoms with E-state index >= 15 is 0 Å². The standard InChI is InChI=1S/C23H16ClFN2O2S/c24-18-12-16(10-11-19(18)25)27-21(28)14-30-23(27)17-8-4-5-9-20(17)26(22(23)29)13-15-6-2-1-3-7-15/h1-12H,13-14H2/t23-/m0/s1. The van der Waals surface area contributed by atoms with Crippen molar-refractivity contribution in [3.8, 4) is 0 Å². The molecule has 0 N–H and O–H groups in total. The second-order valence-electron chi connectivity index (χ2n) is 7.15. The van der Waals surface area contributed by atoms with Crippen LogP contribution in [0.25, 0.3) is 0 Å². The molecule has 4 nitrogen and oxygen atoms in total. The monoisotopic (exact) mass is 438 g/mol. The minimum atomic E-state index is -1.23. The van der Waals surface area contributed by atoms with Gasteiger partial charge in [0.05, 0.1) is 23.0 Å². The quantitative estimate of drug-likeness (QED) is 0.580. The number of halogens is 2. The lowest BCUT2D eigenvalue weighted by Gasteiger charge is -2.33. The Balaban J connectivity index is 1.66. The van der Waals surface area contributed by atoms with E-state index in [9.17, 15) is 14.0 Å². The minimum absolute atomic E-state index is 0.0905. The van der Waals surface area contributed by atoms with E-state index in [1.54, 1.807) is 4.90 Å². The van der Waals surface area contributed by atoms with Crippen molar-refractivity contribution in [1.29, 1.82) is 0 Å². The van der Waals surface area contributed by atoms with Gasteiger partial charge in [-0.25, -0.2) is 4.39 Å². The lowest BCUT2D eigenvalue weighted by Crippen LogP contribution is -2.49. The maximum atomic E-state index is 13.9. The highest BCUT2D eigenvalue weighted by molar-refractivity contribution is 8.02. The Kier molecular flexibility index (Phi) is 4.56. The van der Waals surface area contributed by atoms with Crippen LogP contribution in [-0.2, 0) is 21.0 Å². The summed E-state index contributed by atoms with van der Waals surface area (Å²) in [6.45, 7) is 0.394. The summed E-state index contributed by atoms with van der Waals surface area (Å²) < 4.78 is 13.8. The lowest BCUT2D eigenvalue weighted by molar-refractivity contribution is -0.123. The predicted octanol–water partition coefficient (Wildman–Crippen LogP) is 4.96. The number of para-hydroxylation sites is 1. The van der Waals surface area contributed by atoms with Crippen molar-refractivity contribution < 1.29 is 14.0 Å². The molecule has 2 aliphatic heterocycles. The van der Waals surface area contributed by atoms with E-state index in [0.717, 1.165) is 16.8 Å². The van der Waals surface area contributed by atoms with Gasteiger partial charge in [0, 0.05) is 11.3 Å². The van der Waals surface area contributed by atoms with Crippen LogP contribution in [0.15, 0.2) is 72.8 Å². The van der Waals surface area contributed by atoms with Gasteiger partial charge in [0.1, 0.15) is 5.82 Å². The Bertz CT molecular complexity index is 1170. The Morgan fingerprint density at radius 2 is 1.73 bits per heavy atom. The van der Waals surface area contributed by atoms with Crippen LogP contribution in [0.4, 0.5) is 15.8 Å². The van der Waals surface area contributed by atoms with Crippen LogP contribution in [0, 0.1) is 5.82 Å². The van der Waals surface area contributed by atoms with Crippen molar-refractivity contribution >= 4 is 46.6 Å². The molecule has 1 atom stereocenters. The summed E-state index contributed by atoms with van der Waals surface area (Å²) in [6, 6.07) is 21.3. The lowest BCUT2D eigenvalue weighted by atomic mass is 10.0. The number of amides is 2. The summed E-state index contributed by atoms with van der Waals surface area (Å²) >= 11 is 7.28. The molecule has 2 aliphatic rings. The first-order valence-electron chi connectivity index (χ1n) is 9.40. The van der Waals surface area contributed by atoms with E-state index in [2.05, 4.69) is 0 Å².